The molecule has 0 aromatic heterocycles. The number of alkyl halides is 12. The van der Waals surface area contributed by atoms with Gasteiger partial charge in [0.25, 0.3) is 0 Å². The molecule has 1 aliphatic heterocycles. The number of halogens is 12. The maximum absolute atomic E-state index is 11.4. The van der Waals surface area contributed by atoms with E-state index in [9.17, 15) is 86.4 Å². The third-order valence-electron chi connectivity index (χ3n) is 4.50. The lowest BCUT2D eigenvalue weighted by molar-refractivity contribution is -0.894. The minimum atomic E-state index is -6.72. The molecule has 0 bridgehead atoms. The predicted octanol–water partition coefficient (Wildman–Crippen LogP) is 2.23. The van der Waals surface area contributed by atoms with Gasteiger partial charge in [0.05, 0.1) is 32.4 Å². The Morgan fingerprint density at radius 3 is 1.02 bits per heavy atom. The number of sulfonamides is 4. The highest BCUT2D eigenvalue weighted by Crippen LogP contribution is 2.37. The van der Waals surface area contributed by atoms with Gasteiger partial charge in [-0.05, 0) is 27.2 Å². The van der Waals surface area contributed by atoms with Crippen LogP contribution in [0, 0.1) is 0 Å². The minimum Gasteiger partial charge on any atom is -0.421 e. The van der Waals surface area contributed by atoms with Gasteiger partial charge in [0.2, 0.25) is 0 Å². The number of hydrogen-bond donors (Lipinski definition) is 2. The summed E-state index contributed by atoms with van der Waals surface area (Å²) in [4.78, 5) is 7.03. The molecule has 2 N–H and O–H groups in total. The lowest BCUT2D eigenvalue weighted by Crippen LogP contribution is -3.11. The van der Waals surface area contributed by atoms with Crippen LogP contribution in [0.1, 0.15) is 40.5 Å². The summed E-state index contributed by atoms with van der Waals surface area (Å²) >= 11 is 0. The monoisotopic (exact) mass is 787 g/mol. The molecule has 46 heavy (non-hydrogen) atoms. The lowest BCUT2D eigenvalue weighted by Gasteiger charge is -2.22. The molecule has 0 amide bonds. The van der Waals surface area contributed by atoms with Crippen LogP contribution in [0.3, 0.4) is 0 Å². The maximum atomic E-state index is 11.4. The first-order valence-electron chi connectivity index (χ1n) is 11.8. The van der Waals surface area contributed by atoms with Gasteiger partial charge in [0.15, 0.2) is 46.4 Å². The van der Waals surface area contributed by atoms with Crippen LogP contribution in [0.15, 0.2) is 17.4 Å². The Balaban J connectivity index is -0.000000559. The van der Waals surface area contributed by atoms with Crippen LogP contribution in [-0.2, 0) is 40.1 Å². The minimum absolute atomic E-state index is 0.778. The van der Waals surface area contributed by atoms with Gasteiger partial charge < -0.3 is 13.2 Å². The molecule has 278 valence electrons. The summed E-state index contributed by atoms with van der Waals surface area (Å²) in [7, 11) is -26.9. The van der Waals surface area contributed by atoms with E-state index in [0.717, 1.165) is 8.25 Å². The Kier molecular flexibility index (Phi) is 19.7. The van der Waals surface area contributed by atoms with Crippen LogP contribution in [0.25, 0.3) is 8.25 Å². The molecule has 1 unspecified atom stereocenters. The summed E-state index contributed by atoms with van der Waals surface area (Å²) in [5, 5.41) is 0. The van der Waals surface area contributed by atoms with Gasteiger partial charge in [-0.1, -0.05) is 13.3 Å². The van der Waals surface area contributed by atoms with Crippen molar-refractivity contribution in [3.05, 3.63) is 20.7 Å². The van der Waals surface area contributed by atoms with Gasteiger partial charge >= 0.3 is 22.0 Å². The summed E-state index contributed by atoms with van der Waals surface area (Å²) in [6.07, 6.45) is 8.42. The van der Waals surface area contributed by atoms with Crippen molar-refractivity contribution in [2.45, 2.75) is 62.6 Å². The zero-order valence-corrected chi connectivity index (χ0v) is 27.0. The molecule has 0 aromatic carbocycles. The highest BCUT2D eigenvalue weighted by Gasteiger charge is 2.48. The van der Waals surface area contributed by atoms with Crippen molar-refractivity contribution in [1.82, 2.24) is 0 Å². The van der Waals surface area contributed by atoms with E-state index < -0.39 is 62.1 Å². The van der Waals surface area contributed by atoms with Crippen molar-refractivity contribution in [3.63, 3.8) is 0 Å². The zero-order valence-electron chi connectivity index (χ0n) is 23.8. The highest BCUT2D eigenvalue weighted by atomic mass is 32.3. The Morgan fingerprint density at radius 2 is 0.870 bits per heavy atom. The average molecular weight is 788 g/mol. The van der Waals surface area contributed by atoms with Crippen molar-refractivity contribution >= 4 is 46.4 Å². The van der Waals surface area contributed by atoms with Gasteiger partial charge in [-0.2, -0.15) is 52.7 Å². The molecule has 0 saturated carbocycles. The summed E-state index contributed by atoms with van der Waals surface area (Å²) in [6.45, 7) is 13.9. The molecular weight excluding hydrogens is 758 g/mol. The highest BCUT2D eigenvalue weighted by molar-refractivity contribution is 8.13. The van der Waals surface area contributed by atoms with Crippen LogP contribution in [0.2, 0.25) is 0 Å². The van der Waals surface area contributed by atoms with Gasteiger partial charge in [-0.15, -0.1) is 0 Å². The van der Waals surface area contributed by atoms with Crippen molar-refractivity contribution < 1.29 is 96.2 Å². The van der Waals surface area contributed by atoms with E-state index in [1.807, 2.05) is 12.5 Å². The Labute approximate surface area is 256 Å². The smallest absolute Gasteiger partial charge is 0.421 e. The maximum Gasteiger partial charge on any atom is 0.480 e. The summed E-state index contributed by atoms with van der Waals surface area (Å²) < 4.78 is 218. The number of aliphatic imine (C=N–C) groups is 1. The third-order valence-corrected chi connectivity index (χ3v) is 9.98. The molecule has 1 rings (SSSR count). The first-order valence-corrected chi connectivity index (χ1v) is 17.6. The van der Waals surface area contributed by atoms with Crippen LogP contribution in [-0.4, -0.2) is 88.2 Å². The molecule has 0 fully saturated rings. The number of quaternary nitrogens is 2. The van der Waals surface area contributed by atoms with Gasteiger partial charge in [0, 0.05) is 0 Å². The van der Waals surface area contributed by atoms with Crippen molar-refractivity contribution in [3.8, 4) is 0 Å². The van der Waals surface area contributed by atoms with Crippen molar-refractivity contribution in [2.75, 3.05) is 26.2 Å². The molecule has 0 saturated heterocycles. The van der Waals surface area contributed by atoms with Gasteiger partial charge in [-0.3, -0.25) is 4.90 Å². The van der Waals surface area contributed by atoms with Crippen LogP contribution < -0.4 is 9.80 Å². The molecule has 1 heterocycles. The number of unbranched alkanes of at least 4 members (excludes halogenated alkanes) is 1. The Hall–Kier alpha value is -1.79. The Bertz CT molecular complexity index is 1220. The number of hydrogen-bond acceptors (Lipinski definition) is 9. The van der Waals surface area contributed by atoms with Crippen LogP contribution >= 0.6 is 0 Å². The first kappa shape index (κ1) is 48.6. The van der Waals surface area contributed by atoms with Crippen LogP contribution in [0.5, 0.6) is 0 Å². The van der Waals surface area contributed by atoms with E-state index in [2.05, 4.69) is 38.9 Å². The fraction of sp³-hybridized carbons (Fsp3) is 0.824. The normalized spacial score (nSPS) is 16.2. The Morgan fingerprint density at radius 1 is 0.587 bits per heavy atom. The average Bonchev–Trinajstić information content (AvgIpc) is 3.35. The number of rotatable bonds is 10. The van der Waals surface area contributed by atoms with Crippen molar-refractivity contribution in [1.29, 1.82) is 0 Å². The largest absolute Gasteiger partial charge is 0.480 e. The van der Waals surface area contributed by atoms with E-state index >= 15 is 0 Å². The fourth-order valence-electron chi connectivity index (χ4n) is 2.03. The van der Waals surface area contributed by atoms with E-state index in [1.165, 1.54) is 43.9 Å². The fourth-order valence-corrected chi connectivity index (χ4v) is 5.45. The number of nitrogens with one attached hydrogen (secondary N) is 2. The van der Waals surface area contributed by atoms with E-state index in [-0.39, 0.29) is 0 Å². The van der Waals surface area contributed by atoms with Crippen LogP contribution in [0.4, 0.5) is 52.7 Å². The molecule has 0 aliphatic carbocycles. The summed E-state index contributed by atoms with van der Waals surface area (Å²) in [5.74, 6) is 0. The summed E-state index contributed by atoms with van der Waals surface area (Å²) in [5.41, 5.74) is -24.8. The molecule has 29 heteroatoms. The number of nitrogens with zero attached hydrogens (tertiary/aromatic N) is 3. The molecule has 1 aliphatic rings. The second kappa shape index (κ2) is 18.7. The molecule has 1 atom stereocenters. The SMILES string of the molecule is CCCC[NH+]1C=CN=C1.CC[NH+](CC)CC.O=S(=O)([N-]S(=O)(=O)C(F)(F)F)C(F)(F)F.O=S(=O)([N-]S(=O)(=O)C(F)(F)F)C(F)(F)F. The second-order valence-corrected chi connectivity index (χ2v) is 14.8. The quantitative estimate of drug-likeness (QED) is 0.316. The summed E-state index contributed by atoms with van der Waals surface area (Å²) in [6, 6.07) is 0. The van der Waals surface area contributed by atoms with Gasteiger partial charge in [0.1, 0.15) is 6.20 Å². The molecule has 0 aromatic rings. The first-order chi connectivity index (χ1) is 20.2. The van der Waals surface area contributed by atoms with Gasteiger partial charge in [-0.25, -0.2) is 38.7 Å². The standard InChI is InChI=1S/C7H12N2.C6H15N.2C2F6NO4S2/c1-2-3-5-9-6-4-8-7-9;1-4-7(5-2)6-3;2*3-1(4,5)14(10,11)9-15(12,13)2(6,7)8/h4,6-7H,2-3,5H2,1H3;4-6H2,1-3H3;;/q;;2*-1/p+2. The molecule has 0 spiro atoms. The third kappa shape index (κ3) is 17.9. The predicted molar refractivity (Wildman–Crippen MR) is 138 cm³/mol. The topological polar surface area (TPSA) is 186 Å². The molecular formula is C17H29F12N5O8S4. The lowest BCUT2D eigenvalue weighted by atomic mass is 10.3. The molecule has 13 nitrogen and oxygen atoms in total. The molecule has 0 radical (unpaired) electrons. The van der Waals surface area contributed by atoms with Crippen molar-refractivity contribution in [2.24, 2.45) is 4.99 Å². The second-order valence-electron chi connectivity index (χ2n) is 7.92. The van der Waals surface area contributed by atoms with E-state index in [1.54, 1.807) is 4.90 Å². The van der Waals surface area contributed by atoms with E-state index in [4.69, 9.17) is 0 Å². The zero-order chi connectivity index (χ0) is 37.6. The van der Waals surface area contributed by atoms with E-state index in [0.29, 0.717) is 0 Å².